The van der Waals surface area contributed by atoms with Gasteiger partial charge in [0, 0.05) is 45.7 Å². The smallest absolute Gasteiger partial charge is 0.291 e. The molecule has 8 heteroatoms. The van der Waals surface area contributed by atoms with Crippen LogP contribution in [0.4, 0.5) is 5.82 Å². The summed E-state index contributed by atoms with van der Waals surface area (Å²) in [7, 11) is 1.74. The number of rotatable bonds is 6. The number of aromatic nitrogens is 3. The number of amides is 1. The van der Waals surface area contributed by atoms with Crippen molar-refractivity contribution in [2.75, 3.05) is 38.7 Å². The van der Waals surface area contributed by atoms with Gasteiger partial charge in [-0.25, -0.2) is 15.0 Å². The lowest BCUT2D eigenvalue weighted by molar-refractivity contribution is 0.0766. The number of nitrogens with zero attached hydrogens (tertiary/aromatic N) is 4. The summed E-state index contributed by atoms with van der Waals surface area (Å²) in [4.78, 5) is 26.7. The molecule has 0 saturated carbocycles. The van der Waals surface area contributed by atoms with Crippen molar-refractivity contribution in [3.8, 4) is 0 Å². The van der Waals surface area contributed by atoms with Crippen LogP contribution in [0.5, 0.6) is 0 Å². The lowest BCUT2D eigenvalue weighted by Gasteiger charge is -2.17. The molecule has 8 nitrogen and oxygen atoms in total. The lowest BCUT2D eigenvalue weighted by atomic mass is 10.1. The maximum atomic E-state index is 12.4. The molecule has 2 aromatic rings. The fourth-order valence-corrected chi connectivity index (χ4v) is 2.82. The van der Waals surface area contributed by atoms with Crippen LogP contribution in [-0.2, 0) is 4.74 Å². The van der Waals surface area contributed by atoms with E-state index >= 15 is 0 Å². The van der Waals surface area contributed by atoms with Gasteiger partial charge in [0.25, 0.3) is 5.91 Å². The van der Waals surface area contributed by atoms with Gasteiger partial charge in [-0.2, -0.15) is 0 Å². The molecule has 0 spiro atoms. The van der Waals surface area contributed by atoms with E-state index in [4.69, 9.17) is 9.15 Å². The first kappa shape index (κ1) is 17.3. The summed E-state index contributed by atoms with van der Waals surface area (Å²) in [6.45, 7) is 6.09. The molecule has 0 unspecified atom stereocenters. The first-order valence-electron chi connectivity index (χ1n) is 8.37. The molecule has 3 heterocycles. The van der Waals surface area contributed by atoms with Gasteiger partial charge in [0.1, 0.15) is 12.1 Å². The van der Waals surface area contributed by atoms with Crippen LogP contribution in [0.2, 0.25) is 0 Å². The molecule has 134 valence electrons. The number of carbonyl (C=O) groups excluding carboxylic acids is 1. The van der Waals surface area contributed by atoms with Gasteiger partial charge < -0.3 is 19.4 Å². The Morgan fingerprint density at radius 2 is 2.24 bits per heavy atom. The van der Waals surface area contributed by atoms with Gasteiger partial charge >= 0.3 is 0 Å². The summed E-state index contributed by atoms with van der Waals surface area (Å²) >= 11 is 0. The molecule has 1 amide bonds. The number of hydrogen-bond acceptors (Lipinski definition) is 7. The number of hydrogen-bond donors (Lipinski definition) is 1. The van der Waals surface area contributed by atoms with Crippen molar-refractivity contribution < 1.29 is 13.9 Å². The lowest BCUT2D eigenvalue weighted by Crippen LogP contribution is -2.31. The Kier molecular flexibility index (Phi) is 5.28. The molecule has 0 aromatic carbocycles. The van der Waals surface area contributed by atoms with Gasteiger partial charge in [-0.05, 0) is 13.3 Å². The number of nitrogens with one attached hydrogen (secondary N) is 1. The SMILES string of the molecule is Cc1nc(C)c(C(=O)N(C)CCNc2cc([C@H]3CCOC3)ncn2)o1. The van der Waals surface area contributed by atoms with Gasteiger partial charge in [0.05, 0.1) is 18.0 Å². The number of oxazole rings is 1. The van der Waals surface area contributed by atoms with Gasteiger partial charge in [-0.15, -0.1) is 0 Å². The Balaban J connectivity index is 1.53. The number of likely N-dealkylation sites (N-methyl/N-ethyl adjacent to an activating group) is 1. The highest BCUT2D eigenvalue weighted by Gasteiger charge is 2.21. The van der Waals surface area contributed by atoms with Crippen LogP contribution in [0, 0.1) is 13.8 Å². The second kappa shape index (κ2) is 7.60. The maximum absolute atomic E-state index is 12.4. The molecule has 0 aliphatic carbocycles. The van der Waals surface area contributed by atoms with Crippen LogP contribution in [0.1, 0.15) is 40.2 Å². The first-order valence-corrected chi connectivity index (χ1v) is 8.37. The molecular formula is C17H23N5O3. The Bertz CT molecular complexity index is 740. The van der Waals surface area contributed by atoms with Crippen molar-refractivity contribution in [3.63, 3.8) is 0 Å². The summed E-state index contributed by atoms with van der Waals surface area (Å²) in [5.74, 6) is 1.71. The Morgan fingerprint density at radius 3 is 2.92 bits per heavy atom. The van der Waals surface area contributed by atoms with Crippen molar-refractivity contribution in [2.24, 2.45) is 0 Å². The zero-order valence-corrected chi connectivity index (χ0v) is 14.8. The minimum atomic E-state index is -0.175. The third-order valence-electron chi connectivity index (χ3n) is 4.23. The van der Waals surface area contributed by atoms with E-state index in [9.17, 15) is 4.79 Å². The monoisotopic (exact) mass is 345 g/mol. The third-order valence-corrected chi connectivity index (χ3v) is 4.23. The van der Waals surface area contributed by atoms with Crippen molar-refractivity contribution in [1.29, 1.82) is 0 Å². The topological polar surface area (TPSA) is 93.4 Å². The summed E-state index contributed by atoms with van der Waals surface area (Å²) in [5, 5.41) is 3.23. The molecule has 25 heavy (non-hydrogen) atoms. The quantitative estimate of drug-likeness (QED) is 0.852. The molecule has 1 fully saturated rings. The predicted octanol–water partition coefficient (Wildman–Crippen LogP) is 1.77. The second-order valence-electron chi connectivity index (χ2n) is 6.19. The Hall–Kier alpha value is -2.48. The second-order valence-corrected chi connectivity index (χ2v) is 6.19. The molecule has 1 aliphatic heterocycles. The fraction of sp³-hybridized carbons (Fsp3) is 0.529. The molecule has 0 bridgehead atoms. The highest BCUT2D eigenvalue weighted by Crippen LogP contribution is 2.24. The molecule has 1 aliphatic rings. The standard InChI is InChI=1S/C17H23N5O3/c1-11-16(25-12(2)21-11)17(23)22(3)6-5-18-15-8-14(19-10-20-15)13-4-7-24-9-13/h8,10,13H,4-7,9H2,1-3H3,(H,18,19,20)/t13-/m0/s1. The molecule has 0 radical (unpaired) electrons. The van der Waals surface area contributed by atoms with E-state index in [-0.39, 0.29) is 5.91 Å². The average Bonchev–Trinajstić information content (AvgIpc) is 3.24. The van der Waals surface area contributed by atoms with E-state index in [1.54, 1.807) is 32.1 Å². The van der Waals surface area contributed by atoms with Crippen LogP contribution in [-0.4, -0.2) is 59.1 Å². The van der Waals surface area contributed by atoms with Gasteiger partial charge in [-0.3, -0.25) is 4.79 Å². The summed E-state index contributed by atoms with van der Waals surface area (Å²) in [6, 6.07) is 1.95. The molecular weight excluding hydrogens is 322 g/mol. The molecule has 2 aromatic heterocycles. The van der Waals surface area contributed by atoms with Crippen molar-refractivity contribution in [2.45, 2.75) is 26.2 Å². The fourth-order valence-electron chi connectivity index (χ4n) is 2.82. The Labute approximate surface area is 146 Å². The van der Waals surface area contributed by atoms with Gasteiger partial charge in [0.15, 0.2) is 5.89 Å². The van der Waals surface area contributed by atoms with E-state index in [0.29, 0.717) is 43.0 Å². The first-order chi connectivity index (χ1) is 12.0. The van der Waals surface area contributed by atoms with Crippen LogP contribution >= 0.6 is 0 Å². The summed E-state index contributed by atoms with van der Waals surface area (Å²) < 4.78 is 10.8. The molecule has 1 atom stereocenters. The largest absolute Gasteiger partial charge is 0.436 e. The minimum absolute atomic E-state index is 0.175. The third kappa shape index (κ3) is 4.14. The zero-order chi connectivity index (χ0) is 17.8. The van der Waals surface area contributed by atoms with E-state index in [1.165, 1.54) is 0 Å². The van der Waals surface area contributed by atoms with Crippen molar-refractivity contribution in [1.82, 2.24) is 19.9 Å². The van der Waals surface area contributed by atoms with Gasteiger partial charge in [-0.1, -0.05) is 0 Å². The highest BCUT2D eigenvalue weighted by molar-refractivity contribution is 5.92. The predicted molar refractivity (Wildman–Crippen MR) is 91.6 cm³/mol. The number of ether oxygens (including phenoxy) is 1. The zero-order valence-electron chi connectivity index (χ0n) is 14.8. The van der Waals surface area contributed by atoms with E-state index in [1.807, 2.05) is 6.07 Å². The van der Waals surface area contributed by atoms with Crippen molar-refractivity contribution >= 4 is 11.7 Å². The molecule has 3 rings (SSSR count). The summed E-state index contributed by atoms with van der Waals surface area (Å²) in [5.41, 5.74) is 1.61. The van der Waals surface area contributed by atoms with Crippen LogP contribution < -0.4 is 5.32 Å². The van der Waals surface area contributed by atoms with E-state index in [2.05, 4.69) is 20.3 Å². The summed E-state index contributed by atoms with van der Waals surface area (Å²) in [6.07, 6.45) is 2.55. The minimum Gasteiger partial charge on any atom is -0.436 e. The average molecular weight is 345 g/mol. The number of anilines is 1. The molecule has 1 saturated heterocycles. The molecule has 1 N–H and O–H groups in total. The maximum Gasteiger partial charge on any atom is 0.291 e. The number of aryl methyl sites for hydroxylation is 2. The van der Waals surface area contributed by atoms with Crippen LogP contribution in [0.15, 0.2) is 16.8 Å². The van der Waals surface area contributed by atoms with Crippen molar-refractivity contribution in [3.05, 3.63) is 35.4 Å². The highest BCUT2D eigenvalue weighted by atomic mass is 16.5. The Morgan fingerprint density at radius 1 is 1.40 bits per heavy atom. The van der Waals surface area contributed by atoms with Crippen LogP contribution in [0.25, 0.3) is 0 Å². The van der Waals surface area contributed by atoms with E-state index in [0.717, 1.165) is 24.5 Å². The number of carbonyl (C=O) groups is 1. The van der Waals surface area contributed by atoms with E-state index < -0.39 is 0 Å². The normalized spacial score (nSPS) is 16.8. The van der Waals surface area contributed by atoms with Crippen LogP contribution in [0.3, 0.4) is 0 Å². The van der Waals surface area contributed by atoms with Gasteiger partial charge in [0.2, 0.25) is 5.76 Å².